The Balaban J connectivity index is 1.79. The van der Waals surface area contributed by atoms with Gasteiger partial charge in [0.2, 0.25) is 11.8 Å². The number of hydrogen-bond donors (Lipinski definition) is 1. The van der Waals surface area contributed by atoms with E-state index in [1.165, 1.54) is 16.2 Å². The Morgan fingerprint density at radius 2 is 1.84 bits per heavy atom. The van der Waals surface area contributed by atoms with Crippen LogP contribution in [0.5, 0.6) is 5.75 Å². The zero-order valence-corrected chi connectivity index (χ0v) is 19.3. The SMILES string of the molecule is CCCC1(C(=O)OCC)NC(c2cccs2)C2C(=O)N(c3ccc(OCC)cc3)C(=O)C21. The summed E-state index contributed by atoms with van der Waals surface area (Å²) in [6.45, 7) is 6.33. The van der Waals surface area contributed by atoms with Crippen LogP contribution in [0, 0.1) is 11.8 Å². The van der Waals surface area contributed by atoms with Crippen LogP contribution in [0.2, 0.25) is 0 Å². The minimum Gasteiger partial charge on any atom is -0.494 e. The van der Waals surface area contributed by atoms with Crippen molar-refractivity contribution < 1.29 is 23.9 Å². The van der Waals surface area contributed by atoms with Gasteiger partial charge in [-0.2, -0.15) is 0 Å². The standard InChI is InChI=1S/C24H28N2O5S/c1-4-13-24(23(29)31-6-3)19-18(20(25-24)17-8-7-14-32-17)21(27)26(22(19)28)15-9-11-16(12-10-15)30-5-2/h7-12,14,18-20,25H,4-6,13H2,1-3H3. The third-order valence-corrected chi connectivity index (χ3v) is 7.15. The summed E-state index contributed by atoms with van der Waals surface area (Å²) >= 11 is 1.51. The smallest absolute Gasteiger partial charge is 0.327 e. The average molecular weight is 457 g/mol. The van der Waals surface area contributed by atoms with Gasteiger partial charge in [-0.05, 0) is 56.0 Å². The Hall–Kier alpha value is -2.71. The highest BCUT2D eigenvalue weighted by Gasteiger charge is 2.68. The number of amides is 2. The second-order valence-corrected chi connectivity index (χ2v) is 9.00. The fourth-order valence-electron chi connectivity index (χ4n) is 5.00. The van der Waals surface area contributed by atoms with E-state index in [0.717, 1.165) is 4.88 Å². The summed E-state index contributed by atoms with van der Waals surface area (Å²) < 4.78 is 10.9. The predicted molar refractivity (Wildman–Crippen MR) is 122 cm³/mol. The van der Waals surface area contributed by atoms with Crippen molar-refractivity contribution in [1.82, 2.24) is 5.32 Å². The quantitative estimate of drug-likeness (QED) is 0.482. The Labute approximate surface area is 191 Å². The number of hydrogen-bond acceptors (Lipinski definition) is 7. The van der Waals surface area contributed by atoms with Crippen LogP contribution in [0.15, 0.2) is 41.8 Å². The summed E-state index contributed by atoms with van der Waals surface area (Å²) in [6.07, 6.45) is 1.07. The summed E-state index contributed by atoms with van der Waals surface area (Å²) in [5.74, 6) is -1.96. The Morgan fingerprint density at radius 1 is 1.09 bits per heavy atom. The number of ether oxygens (including phenoxy) is 2. The van der Waals surface area contributed by atoms with E-state index in [1.807, 2.05) is 31.4 Å². The molecule has 3 heterocycles. The van der Waals surface area contributed by atoms with Gasteiger partial charge in [0.05, 0.1) is 36.8 Å². The van der Waals surface area contributed by atoms with Crippen molar-refractivity contribution in [3.8, 4) is 5.75 Å². The number of esters is 1. The average Bonchev–Trinajstić information content (AvgIpc) is 3.47. The van der Waals surface area contributed by atoms with E-state index in [1.54, 1.807) is 31.2 Å². The van der Waals surface area contributed by atoms with Crippen molar-refractivity contribution in [1.29, 1.82) is 0 Å². The number of carbonyl (C=O) groups is 3. The predicted octanol–water partition coefficient (Wildman–Crippen LogP) is 3.70. The lowest BCUT2D eigenvalue weighted by molar-refractivity contribution is -0.155. The number of nitrogens with zero attached hydrogens (tertiary/aromatic N) is 1. The van der Waals surface area contributed by atoms with Gasteiger partial charge in [0, 0.05) is 4.88 Å². The number of nitrogens with one attached hydrogen (secondary N) is 1. The highest BCUT2D eigenvalue weighted by atomic mass is 32.1. The molecule has 0 spiro atoms. The first-order valence-electron chi connectivity index (χ1n) is 11.1. The van der Waals surface area contributed by atoms with E-state index in [4.69, 9.17) is 9.47 Å². The Bertz CT molecular complexity index is 990. The summed E-state index contributed by atoms with van der Waals surface area (Å²) in [4.78, 5) is 42.8. The first-order valence-corrected chi connectivity index (χ1v) is 11.9. The van der Waals surface area contributed by atoms with Crippen molar-refractivity contribution in [3.63, 3.8) is 0 Å². The van der Waals surface area contributed by atoms with E-state index >= 15 is 0 Å². The lowest BCUT2D eigenvalue weighted by atomic mass is 9.77. The number of thiophene rings is 1. The summed E-state index contributed by atoms with van der Waals surface area (Å²) in [7, 11) is 0. The molecule has 4 atom stereocenters. The highest BCUT2D eigenvalue weighted by molar-refractivity contribution is 7.10. The van der Waals surface area contributed by atoms with Crippen molar-refractivity contribution in [2.75, 3.05) is 18.1 Å². The van der Waals surface area contributed by atoms with Crippen LogP contribution in [0.25, 0.3) is 0 Å². The summed E-state index contributed by atoms with van der Waals surface area (Å²) in [5, 5.41) is 5.33. The molecule has 2 amide bonds. The number of carbonyl (C=O) groups excluding carboxylic acids is 3. The van der Waals surface area contributed by atoms with Crippen molar-refractivity contribution in [2.45, 2.75) is 45.2 Å². The Morgan fingerprint density at radius 3 is 2.44 bits per heavy atom. The third kappa shape index (κ3) is 3.51. The molecule has 8 heteroatoms. The molecule has 2 aromatic rings. The summed E-state index contributed by atoms with van der Waals surface area (Å²) in [6, 6.07) is 10.3. The maximum atomic E-state index is 13.8. The molecule has 4 rings (SSSR count). The normalized spacial score (nSPS) is 27.0. The zero-order chi connectivity index (χ0) is 22.9. The first kappa shape index (κ1) is 22.5. The molecule has 2 aliphatic heterocycles. The molecule has 1 aromatic heterocycles. The van der Waals surface area contributed by atoms with Gasteiger partial charge in [0.25, 0.3) is 0 Å². The van der Waals surface area contributed by atoms with E-state index in [-0.39, 0.29) is 18.4 Å². The molecule has 0 radical (unpaired) electrons. The first-order chi connectivity index (χ1) is 15.5. The molecule has 4 unspecified atom stereocenters. The largest absolute Gasteiger partial charge is 0.494 e. The lowest BCUT2D eigenvalue weighted by Crippen LogP contribution is -2.56. The number of fused-ring (bicyclic) bond motifs is 1. The lowest BCUT2D eigenvalue weighted by Gasteiger charge is -2.32. The molecule has 1 aromatic carbocycles. The molecule has 170 valence electrons. The van der Waals surface area contributed by atoms with E-state index in [2.05, 4.69) is 5.32 Å². The number of rotatable bonds is 8. The van der Waals surface area contributed by atoms with Crippen LogP contribution in [0.4, 0.5) is 5.69 Å². The molecule has 2 aliphatic rings. The molecule has 1 N–H and O–H groups in total. The van der Waals surface area contributed by atoms with Crippen LogP contribution >= 0.6 is 11.3 Å². The van der Waals surface area contributed by atoms with Crippen molar-refractivity contribution in [3.05, 3.63) is 46.7 Å². The molecular weight excluding hydrogens is 428 g/mol. The minimum atomic E-state index is -1.24. The van der Waals surface area contributed by atoms with Gasteiger partial charge in [-0.1, -0.05) is 19.4 Å². The van der Waals surface area contributed by atoms with E-state index in [9.17, 15) is 14.4 Å². The van der Waals surface area contributed by atoms with Gasteiger partial charge >= 0.3 is 5.97 Å². The van der Waals surface area contributed by atoms with Gasteiger partial charge in [0.15, 0.2) is 0 Å². The second kappa shape index (κ2) is 9.03. The van der Waals surface area contributed by atoms with Crippen LogP contribution < -0.4 is 15.0 Å². The molecule has 0 aliphatic carbocycles. The van der Waals surface area contributed by atoms with Crippen LogP contribution in [0.1, 0.15) is 44.5 Å². The van der Waals surface area contributed by atoms with Gasteiger partial charge in [0.1, 0.15) is 11.3 Å². The maximum absolute atomic E-state index is 13.8. The molecular formula is C24H28N2O5S. The Kier molecular flexibility index (Phi) is 6.35. The fourth-order valence-corrected chi connectivity index (χ4v) is 5.82. The van der Waals surface area contributed by atoms with Gasteiger partial charge in [-0.15, -0.1) is 11.3 Å². The molecule has 2 fully saturated rings. The molecule has 0 bridgehead atoms. The van der Waals surface area contributed by atoms with E-state index < -0.39 is 29.4 Å². The summed E-state index contributed by atoms with van der Waals surface area (Å²) in [5.41, 5.74) is -0.756. The minimum absolute atomic E-state index is 0.206. The molecule has 32 heavy (non-hydrogen) atoms. The van der Waals surface area contributed by atoms with Crippen LogP contribution in [-0.4, -0.2) is 36.5 Å². The van der Waals surface area contributed by atoms with Crippen LogP contribution in [-0.2, 0) is 19.1 Å². The zero-order valence-electron chi connectivity index (χ0n) is 18.5. The number of anilines is 1. The van der Waals surface area contributed by atoms with Crippen molar-refractivity contribution >= 4 is 34.8 Å². The van der Waals surface area contributed by atoms with Gasteiger partial charge < -0.3 is 9.47 Å². The van der Waals surface area contributed by atoms with Crippen molar-refractivity contribution in [2.24, 2.45) is 11.8 Å². The third-order valence-electron chi connectivity index (χ3n) is 6.19. The van der Waals surface area contributed by atoms with Crippen LogP contribution in [0.3, 0.4) is 0 Å². The van der Waals surface area contributed by atoms with E-state index in [0.29, 0.717) is 30.9 Å². The number of benzene rings is 1. The topological polar surface area (TPSA) is 84.9 Å². The monoisotopic (exact) mass is 456 g/mol. The molecule has 7 nitrogen and oxygen atoms in total. The van der Waals surface area contributed by atoms with Gasteiger partial charge in [-0.25, -0.2) is 4.90 Å². The number of imide groups is 1. The molecule has 0 saturated carbocycles. The maximum Gasteiger partial charge on any atom is 0.327 e. The fraction of sp³-hybridized carbons (Fsp3) is 0.458. The molecule has 2 saturated heterocycles. The van der Waals surface area contributed by atoms with Gasteiger partial charge in [-0.3, -0.25) is 19.7 Å². The second-order valence-electron chi connectivity index (χ2n) is 8.02. The highest BCUT2D eigenvalue weighted by Crippen LogP contribution is 2.52.